The Morgan fingerprint density at radius 2 is 2.37 bits per heavy atom. The van der Waals surface area contributed by atoms with E-state index in [2.05, 4.69) is 0 Å². The number of carbonyl (C=O) groups excluding carboxylic acids is 1. The molecule has 2 rings (SSSR count). The monoisotopic (exact) mass is 273 g/mol. The summed E-state index contributed by atoms with van der Waals surface area (Å²) in [5.41, 5.74) is 0.432. The van der Waals surface area contributed by atoms with Gasteiger partial charge in [0.05, 0.1) is 24.4 Å². The summed E-state index contributed by atoms with van der Waals surface area (Å²) in [6.45, 7) is 1.68. The number of amides is 1. The van der Waals surface area contributed by atoms with Gasteiger partial charge in [-0.05, 0) is 13.0 Å². The van der Waals surface area contributed by atoms with Gasteiger partial charge in [0.2, 0.25) is 0 Å². The SMILES string of the molecule is COCC1CN(C(=O)c2ccoc2C)CCC1(F)F. The first-order valence-electron chi connectivity index (χ1n) is 6.16. The summed E-state index contributed by atoms with van der Waals surface area (Å²) in [5, 5.41) is 0. The maximum Gasteiger partial charge on any atom is 0.257 e. The van der Waals surface area contributed by atoms with Crippen molar-refractivity contribution in [2.24, 2.45) is 5.92 Å². The van der Waals surface area contributed by atoms with Crippen LogP contribution in [0.25, 0.3) is 0 Å². The summed E-state index contributed by atoms with van der Waals surface area (Å²) in [7, 11) is 1.39. The van der Waals surface area contributed by atoms with Gasteiger partial charge in [0.15, 0.2) is 0 Å². The molecule has 1 unspecified atom stereocenters. The molecule has 1 aliphatic rings. The Labute approximate surface area is 110 Å². The Kier molecular flexibility index (Phi) is 3.89. The highest BCUT2D eigenvalue weighted by Crippen LogP contribution is 2.34. The average Bonchev–Trinajstić information content (AvgIpc) is 2.77. The number of aryl methyl sites for hydroxylation is 1. The predicted octanol–water partition coefficient (Wildman–Crippen LogP) is 2.33. The second-order valence-corrected chi connectivity index (χ2v) is 4.80. The van der Waals surface area contributed by atoms with E-state index < -0.39 is 11.8 Å². The maximum absolute atomic E-state index is 13.7. The average molecular weight is 273 g/mol. The third-order valence-electron chi connectivity index (χ3n) is 3.50. The van der Waals surface area contributed by atoms with Crippen LogP contribution in [0.15, 0.2) is 16.7 Å². The third kappa shape index (κ3) is 2.78. The lowest BCUT2D eigenvalue weighted by Crippen LogP contribution is -2.50. The van der Waals surface area contributed by atoms with Gasteiger partial charge < -0.3 is 14.1 Å². The van der Waals surface area contributed by atoms with Crippen LogP contribution in [0, 0.1) is 12.8 Å². The van der Waals surface area contributed by atoms with Crippen LogP contribution in [-0.2, 0) is 4.74 Å². The van der Waals surface area contributed by atoms with Crippen molar-refractivity contribution in [1.82, 2.24) is 4.90 Å². The summed E-state index contributed by atoms with van der Waals surface area (Å²) >= 11 is 0. The Balaban J connectivity index is 2.11. The van der Waals surface area contributed by atoms with Crippen LogP contribution in [0.3, 0.4) is 0 Å². The van der Waals surface area contributed by atoms with E-state index in [4.69, 9.17) is 9.15 Å². The lowest BCUT2D eigenvalue weighted by molar-refractivity contribution is -0.118. The number of hydrogen-bond donors (Lipinski definition) is 0. The highest BCUT2D eigenvalue weighted by Gasteiger charge is 2.45. The smallest absolute Gasteiger partial charge is 0.257 e. The van der Waals surface area contributed by atoms with Gasteiger partial charge >= 0.3 is 0 Å². The molecule has 1 aromatic rings. The quantitative estimate of drug-likeness (QED) is 0.849. The van der Waals surface area contributed by atoms with Gasteiger partial charge in [0, 0.05) is 26.6 Å². The number of nitrogens with zero attached hydrogens (tertiary/aromatic N) is 1. The van der Waals surface area contributed by atoms with Gasteiger partial charge in [-0.3, -0.25) is 4.79 Å². The Hall–Kier alpha value is -1.43. The maximum atomic E-state index is 13.7. The molecule has 6 heteroatoms. The van der Waals surface area contributed by atoms with Crippen molar-refractivity contribution in [3.05, 3.63) is 23.7 Å². The Morgan fingerprint density at radius 3 is 2.95 bits per heavy atom. The van der Waals surface area contributed by atoms with E-state index in [1.54, 1.807) is 13.0 Å². The van der Waals surface area contributed by atoms with Crippen molar-refractivity contribution < 1.29 is 22.7 Å². The van der Waals surface area contributed by atoms with Crippen LogP contribution in [0.4, 0.5) is 8.78 Å². The molecule has 1 amide bonds. The van der Waals surface area contributed by atoms with Crippen LogP contribution in [0.1, 0.15) is 22.5 Å². The molecular formula is C13H17F2NO3. The van der Waals surface area contributed by atoms with Crippen LogP contribution < -0.4 is 0 Å². The van der Waals surface area contributed by atoms with Crippen molar-refractivity contribution in [3.63, 3.8) is 0 Å². The first-order chi connectivity index (χ1) is 8.95. The zero-order valence-electron chi connectivity index (χ0n) is 11.0. The fourth-order valence-electron chi connectivity index (χ4n) is 2.32. The highest BCUT2D eigenvalue weighted by atomic mass is 19.3. The third-order valence-corrected chi connectivity index (χ3v) is 3.50. The van der Waals surface area contributed by atoms with Crippen molar-refractivity contribution in [2.45, 2.75) is 19.3 Å². The van der Waals surface area contributed by atoms with Gasteiger partial charge in [-0.15, -0.1) is 0 Å². The van der Waals surface area contributed by atoms with E-state index in [-0.39, 0.29) is 32.0 Å². The molecule has 1 aromatic heterocycles. The first kappa shape index (κ1) is 14.0. The van der Waals surface area contributed by atoms with E-state index in [9.17, 15) is 13.6 Å². The number of alkyl halides is 2. The first-order valence-corrected chi connectivity index (χ1v) is 6.16. The molecular weight excluding hydrogens is 256 g/mol. The van der Waals surface area contributed by atoms with E-state index >= 15 is 0 Å². The number of methoxy groups -OCH3 is 1. The van der Waals surface area contributed by atoms with Crippen LogP contribution >= 0.6 is 0 Å². The fourth-order valence-corrected chi connectivity index (χ4v) is 2.32. The minimum atomic E-state index is -2.78. The molecule has 1 saturated heterocycles. The molecule has 1 atom stereocenters. The van der Waals surface area contributed by atoms with Gasteiger partial charge in [0.25, 0.3) is 11.8 Å². The summed E-state index contributed by atoms with van der Waals surface area (Å²) in [4.78, 5) is 13.7. The zero-order valence-corrected chi connectivity index (χ0v) is 11.0. The molecule has 0 radical (unpaired) electrons. The lowest BCUT2D eigenvalue weighted by atomic mass is 9.93. The number of hydrogen-bond acceptors (Lipinski definition) is 3. The van der Waals surface area contributed by atoms with Crippen molar-refractivity contribution >= 4 is 5.91 Å². The van der Waals surface area contributed by atoms with Crippen molar-refractivity contribution in [3.8, 4) is 0 Å². The van der Waals surface area contributed by atoms with E-state index in [0.717, 1.165) is 0 Å². The van der Waals surface area contributed by atoms with E-state index in [1.807, 2.05) is 0 Å². The second kappa shape index (κ2) is 5.28. The van der Waals surface area contributed by atoms with E-state index in [0.29, 0.717) is 11.3 Å². The molecule has 19 heavy (non-hydrogen) atoms. The van der Waals surface area contributed by atoms with Crippen LogP contribution in [0.5, 0.6) is 0 Å². The summed E-state index contributed by atoms with van der Waals surface area (Å²) in [6, 6.07) is 1.57. The number of likely N-dealkylation sites (tertiary alicyclic amines) is 1. The van der Waals surface area contributed by atoms with Gasteiger partial charge in [-0.1, -0.05) is 0 Å². The largest absolute Gasteiger partial charge is 0.469 e. The second-order valence-electron chi connectivity index (χ2n) is 4.80. The molecule has 0 N–H and O–H groups in total. The van der Waals surface area contributed by atoms with Crippen molar-refractivity contribution in [2.75, 3.05) is 26.8 Å². The van der Waals surface area contributed by atoms with Crippen LogP contribution in [-0.4, -0.2) is 43.5 Å². The normalized spacial score (nSPS) is 22.5. The van der Waals surface area contributed by atoms with E-state index in [1.165, 1.54) is 18.3 Å². The predicted molar refractivity (Wildman–Crippen MR) is 64.3 cm³/mol. The summed E-state index contributed by atoms with van der Waals surface area (Å²) in [6.07, 6.45) is 1.09. The van der Waals surface area contributed by atoms with Gasteiger partial charge in [-0.2, -0.15) is 0 Å². The van der Waals surface area contributed by atoms with Gasteiger partial charge in [-0.25, -0.2) is 8.78 Å². The van der Waals surface area contributed by atoms with Crippen LogP contribution in [0.2, 0.25) is 0 Å². The highest BCUT2D eigenvalue weighted by molar-refractivity contribution is 5.95. The minimum Gasteiger partial charge on any atom is -0.469 e. The minimum absolute atomic E-state index is 0.00426. The number of carbonyl (C=O) groups is 1. The molecule has 2 heterocycles. The zero-order chi connectivity index (χ0) is 14.0. The molecule has 106 valence electrons. The molecule has 0 aliphatic carbocycles. The molecule has 0 spiro atoms. The standard InChI is InChI=1S/C13H17F2NO3/c1-9-11(3-6-19-9)12(17)16-5-4-13(14,15)10(7-16)8-18-2/h3,6,10H,4-5,7-8H2,1-2H3. The Morgan fingerprint density at radius 1 is 1.63 bits per heavy atom. The summed E-state index contributed by atoms with van der Waals surface area (Å²) in [5.74, 6) is -3.49. The lowest BCUT2D eigenvalue weighted by Gasteiger charge is -2.38. The molecule has 0 aromatic carbocycles. The topological polar surface area (TPSA) is 42.7 Å². The molecule has 1 aliphatic heterocycles. The number of rotatable bonds is 3. The van der Waals surface area contributed by atoms with Crippen molar-refractivity contribution in [1.29, 1.82) is 0 Å². The molecule has 4 nitrogen and oxygen atoms in total. The molecule has 1 fully saturated rings. The number of halogens is 2. The number of piperidine rings is 1. The summed E-state index contributed by atoms with van der Waals surface area (Å²) < 4.78 is 37.3. The molecule has 0 bridgehead atoms. The Bertz CT molecular complexity index is 458. The number of furan rings is 1. The molecule has 0 saturated carbocycles. The van der Waals surface area contributed by atoms with Gasteiger partial charge in [0.1, 0.15) is 5.76 Å². The fraction of sp³-hybridized carbons (Fsp3) is 0.615. The number of ether oxygens (including phenoxy) is 1.